The third-order valence-electron chi connectivity index (χ3n) is 3.49. The van der Waals surface area contributed by atoms with Gasteiger partial charge in [-0.2, -0.15) is 0 Å². The van der Waals surface area contributed by atoms with Crippen LogP contribution in [-0.2, 0) is 10.0 Å². The van der Waals surface area contributed by atoms with Gasteiger partial charge >= 0.3 is 0 Å². The van der Waals surface area contributed by atoms with Crippen LogP contribution >= 0.6 is 11.3 Å². The van der Waals surface area contributed by atoms with Crippen LogP contribution in [0.4, 0.5) is 0 Å². The molecule has 0 spiro atoms. The van der Waals surface area contributed by atoms with E-state index in [1.54, 1.807) is 25.1 Å². The third kappa shape index (κ3) is 2.55. The summed E-state index contributed by atoms with van der Waals surface area (Å²) in [6.07, 6.45) is -0.709. The predicted octanol–water partition coefficient (Wildman–Crippen LogP) is 3.27. The van der Waals surface area contributed by atoms with E-state index in [0.717, 1.165) is 20.5 Å². The first kappa shape index (κ1) is 15.2. The van der Waals surface area contributed by atoms with Gasteiger partial charge in [0.05, 0.1) is 11.0 Å². The maximum absolute atomic E-state index is 11.8. The number of rotatable bonds is 3. The summed E-state index contributed by atoms with van der Waals surface area (Å²) in [5, 5.41) is 16.4. The lowest BCUT2D eigenvalue weighted by Gasteiger charge is -2.11. The molecule has 1 aromatic heterocycles. The minimum atomic E-state index is -3.84. The Labute approximate surface area is 132 Å². The number of nitrogens with two attached hydrogens (primary N) is 1. The van der Waals surface area contributed by atoms with Crippen LogP contribution in [-0.4, -0.2) is 13.5 Å². The van der Waals surface area contributed by atoms with Gasteiger partial charge in [0.15, 0.2) is 0 Å². The van der Waals surface area contributed by atoms with Crippen molar-refractivity contribution in [3.05, 3.63) is 54.1 Å². The molecule has 0 aliphatic rings. The molecule has 6 heteroatoms. The smallest absolute Gasteiger partial charge is 0.238 e. The topological polar surface area (TPSA) is 80.4 Å². The summed E-state index contributed by atoms with van der Waals surface area (Å²) in [4.78, 5) is 0.810. The van der Waals surface area contributed by atoms with Crippen LogP contribution in [0.1, 0.15) is 18.6 Å². The summed E-state index contributed by atoms with van der Waals surface area (Å²) in [7, 11) is -3.84. The first-order chi connectivity index (χ1) is 10.4. The molecule has 0 fully saturated rings. The first-order valence-electron chi connectivity index (χ1n) is 6.71. The molecule has 0 amide bonds. The Morgan fingerprint density at radius 2 is 1.73 bits per heavy atom. The van der Waals surface area contributed by atoms with Crippen molar-refractivity contribution in [3.8, 4) is 10.4 Å². The fraction of sp³-hybridized carbons (Fsp3) is 0.125. The van der Waals surface area contributed by atoms with Gasteiger partial charge in [-0.05, 0) is 24.4 Å². The Kier molecular flexibility index (Phi) is 3.78. The van der Waals surface area contributed by atoms with Gasteiger partial charge in [0.25, 0.3) is 0 Å². The summed E-state index contributed by atoms with van der Waals surface area (Å²) in [6.45, 7) is 1.68. The highest BCUT2D eigenvalue weighted by molar-refractivity contribution is 7.89. The van der Waals surface area contributed by atoms with Gasteiger partial charge in [0.2, 0.25) is 10.0 Å². The number of hydrogen-bond acceptors (Lipinski definition) is 4. The van der Waals surface area contributed by atoms with E-state index in [4.69, 9.17) is 5.14 Å². The number of thiophene rings is 1. The van der Waals surface area contributed by atoms with Crippen LogP contribution in [0, 0.1) is 0 Å². The molecule has 0 aliphatic heterocycles. The normalized spacial score (nSPS) is 13.4. The maximum atomic E-state index is 11.8. The van der Waals surface area contributed by atoms with Gasteiger partial charge < -0.3 is 5.11 Å². The van der Waals surface area contributed by atoms with Gasteiger partial charge in [-0.25, -0.2) is 13.6 Å². The van der Waals surface area contributed by atoms with Crippen LogP contribution in [0.15, 0.2) is 53.4 Å². The lowest BCUT2D eigenvalue weighted by Crippen LogP contribution is -2.13. The second-order valence-electron chi connectivity index (χ2n) is 5.06. The van der Waals surface area contributed by atoms with E-state index < -0.39 is 16.1 Å². The molecular weight excluding hydrogens is 318 g/mol. The summed E-state index contributed by atoms with van der Waals surface area (Å²) in [5.41, 5.74) is 1.26. The Hall–Kier alpha value is -1.73. The van der Waals surface area contributed by atoms with Crippen molar-refractivity contribution in [2.45, 2.75) is 17.9 Å². The Bertz CT molecular complexity index is 943. The number of benzene rings is 2. The largest absolute Gasteiger partial charge is 0.389 e. The minimum absolute atomic E-state index is 0.0726. The van der Waals surface area contributed by atoms with Crippen molar-refractivity contribution in [3.63, 3.8) is 0 Å². The number of fused-ring (bicyclic) bond motifs is 1. The van der Waals surface area contributed by atoms with E-state index in [2.05, 4.69) is 0 Å². The molecule has 0 saturated heterocycles. The van der Waals surface area contributed by atoms with E-state index >= 15 is 0 Å². The monoisotopic (exact) mass is 333 g/mol. The highest BCUT2D eigenvalue weighted by Gasteiger charge is 2.22. The summed E-state index contributed by atoms with van der Waals surface area (Å²) in [5.74, 6) is 0. The zero-order valence-electron chi connectivity index (χ0n) is 11.9. The van der Waals surface area contributed by atoms with Crippen molar-refractivity contribution < 1.29 is 13.5 Å². The lowest BCUT2D eigenvalue weighted by molar-refractivity contribution is 0.202. The number of primary sulfonamides is 1. The summed E-state index contributed by atoms with van der Waals surface area (Å²) < 4.78 is 24.7. The molecule has 0 radical (unpaired) electrons. The maximum Gasteiger partial charge on any atom is 0.238 e. The number of hydrogen-bond donors (Lipinski definition) is 2. The fourth-order valence-corrected chi connectivity index (χ4v) is 4.72. The summed E-state index contributed by atoms with van der Waals surface area (Å²) >= 11 is 1.46. The number of aliphatic hydroxyl groups excluding tert-OH is 1. The second-order valence-corrected chi connectivity index (χ2v) is 7.64. The molecule has 0 bridgehead atoms. The molecule has 3 aromatic rings. The van der Waals surface area contributed by atoms with Crippen LogP contribution in [0.5, 0.6) is 0 Å². The highest BCUT2D eigenvalue weighted by atomic mass is 32.2. The fourth-order valence-electron chi connectivity index (χ4n) is 2.58. The summed E-state index contributed by atoms with van der Waals surface area (Å²) in [6, 6.07) is 14.3. The van der Waals surface area contributed by atoms with E-state index in [1.165, 1.54) is 17.4 Å². The van der Waals surface area contributed by atoms with Crippen LogP contribution < -0.4 is 5.14 Å². The lowest BCUT2D eigenvalue weighted by atomic mass is 10.0. The quantitative estimate of drug-likeness (QED) is 0.772. The van der Waals surface area contributed by atoms with E-state index in [0.29, 0.717) is 5.56 Å². The van der Waals surface area contributed by atoms with E-state index in [1.807, 2.05) is 24.3 Å². The minimum Gasteiger partial charge on any atom is -0.389 e. The molecule has 2 aromatic carbocycles. The van der Waals surface area contributed by atoms with E-state index in [-0.39, 0.29) is 4.90 Å². The van der Waals surface area contributed by atoms with Gasteiger partial charge in [0.1, 0.15) is 0 Å². The van der Waals surface area contributed by atoms with Crippen LogP contribution in [0.3, 0.4) is 0 Å². The van der Waals surface area contributed by atoms with Crippen LogP contribution in [0.25, 0.3) is 20.5 Å². The van der Waals surface area contributed by atoms with Crippen LogP contribution in [0.2, 0.25) is 0 Å². The SMILES string of the molecule is CC(O)c1c(-c2ccccc2S(N)(=O)=O)sc2ccccc12. The van der Waals surface area contributed by atoms with E-state index in [9.17, 15) is 13.5 Å². The third-order valence-corrected chi connectivity index (χ3v) is 5.68. The molecule has 3 N–H and O–H groups in total. The van der Waals surface area contributed by atoms with Crippen molar-refractivity contribution in [2.75, 3.05) is 0 Å². The Morgan fingerprint density at radius 3 is 2.41 bits per heavy atom. The van der Waals surface area contributed by atoms with Crippen molar-refractivity contribution >= 4 is 31.4 Å². The number of aliphatic hydroxyl groups is 1. The molecule has 3 rings (SSSR count). The molecule has 1 heterocycles. The van der Waals surface area contributed by atoms with Crippen molar-refractivity contribution in [1.82, 2.24) is 0 Å². The highest BCUT2D eigenvalue weighted by Crippen LogP contribution is 2.43. The molecule has 0 saturated carbocycles. The first-order valence-corrected chi connectivity index (χ1v) is 9.07. The predicted molar refractivity (Wildman–Crippen MR) is 89.3 cm³/mol. The average molecular weight is 333 g/mol. The molecule has 4 nitrogen and oxygen atoms in total. The standard InChI is InChI=1S/C16H15NO3S2/c1-10(18)15-11-6-2-4-8-13(11)21-16(15)12-7-3-5-9-14(12)22(17,19)20/h2-10,18H,1H3,(H2,17,19,20). The Morgan fingerprint density at radius 1 is 1.09 bits per heavy atom. The molecular formula is C16H15NO3S2. The zero-order chi connectivity index (χ0) is 15.9. The molecule has 0 aliphatic carbocycles. The molecule has 1 unspecified atom stereocenters. The van der Waals surface area contributed by atoms with Crippen molar-refractivity contribution in [2.24, 2.45) is 5.14 Å². The van der Waals surface area contributed by atoms with Gasteiger partial charge in [-0.1, -0.05) is 36.4 Å². The number of sulfonamides is 1. The van der Waals surface area contributed by atoms with Gasteiger partial charge in [0, 0.05) is 20.7 Å². The van der Waals surface area contributed by atoms with Gasteiger partial charge in [-0.15, -0.1) is 11.3 Å². The second kappa shape index (κ2) is 5.48. The molecule has 1 atom stereocenters. The molecule has 114 valence electrons. The van der Waals surface area contributed by atoms with Crippen molar-refractivity contribution in [1.29, 1.82) is 0 Å². The zero-order valence-corrected chi connectivity index (χ0v) is 13.5. The molecule has 22 heavy (non-hydrogen) atoms. The van der Waals surface area contributed by atoms with Gasteiger partial charge in [-0.3, -0.25) is 0 Å². The Balaban J connectivity index is 2.39. The average Bonchev–Trinajstić information content (AvgIpc) is 2.85.